The first kappa shape index (κ1) is 25.4. The van der Waals surface area contributed by atoms with Crippen LogP contribution < -0.4 is 10.5 Å². The van der Waals surface area contributed by atoms with Gasteiger partial charge in [0.05, 0.1) is 33.9 Å². The summed E-state index contributed by atoms with van der Waals surface area (Å²) in [5, 5.41) is 0. The number of nitrogen functional groups attached to an aromatic ring is 1. The quantitative estimate of drug-likeness (QED) is 0.288. The lowest BCUT2D eigenvalue weighted by Gasteiger charge is -2.27. The standard InChI is InChI=1S/C27H30N4O4S/c1-27(2,3)35-26(32)31(13-14-33-4)17-18-5-10-21(30-16-18)24-15-22-25(36-24)23(11-12-29-22)34-20-8-6-19(28)7-9-20/h5-12,15-16H,13-14,17,28H2,1-4H3. The van der Waals surface area contributed by atoms with E-state index in [0.717, 1.165) is 32.1 Å². The van der Waals surface area contributed by atoms with E-state index in [1.807, 2.05) is 57.2 Å². The maximum absolute atomic E-state index is 12.6. The maximum Gasteiger partial charge on any atom is 0.410 e. The Morgan fingerprint density at radius 1 is 1.08 bits per heavy atom. The van der Waals surface area contributed by atoms with Gasteiger partial charge in [-0.05, 0) is 62.7 Å². The summed E-state index contributed by atoms with van der Waals surface area (Å²) >= 11 is 1.57. The molecule has 1 aromatic carbocycles. The van der Waals surface area contributed by atoms with Crippen LogP contribution in [0.1, 0.15) is 26.3 Å². The Kier molecular flexibility index (Phi) is 7.71. The molecular weight excluding hydrogens is 476 g/mol. The predicted molar refractivity (Wildman–Crippen MR) is 142 cm³/mol. The molecule has 0 spiro atoms. The first-order valence-electron chi connectivity index (χ1n) is 11.6. The Bertz CT molecular complexity index is 1310. The van der Waals surface area contributed by atoms with Crippen LogP contribution in [0.5, 0.6) is 11.5 Å². The molecule has 3 aromatic heterocycles. The molecule has 4 rings (SSSR count). The summed E-state index contributed by atoms with van der Waals surface area (Å²) in [5.41, 5.74) is 8.44. The molecule has 36 heavy (non-hydrogen) atoms. The number of ether oxygens (including phenoxy) is 3. The van der Waals surface area contributed by atoms with E-state index in [4.69, 9.17) is 19.9 Å². The smallest absolute Gasteiger partial charge is 0.410 e. The number of carbonyl (C=O) groups is 1. The van der Waals surface area contributed by atoms with Crippen LogP contribution >= 0.6 is 11.3 Å². The molecule has 0 unspecified atom stereocenters. The molecule has 8 nitrogen and oxygen atoms in total. The third-order valence-corrected chi connectivity index (χ3v) is 6.31. The number of benzene rings is 1. The zero-order chi connectivity index (χ0) is 25.7. The Morgan fingerprint density at radius 3 is 2.53 bits per heavy atom. The second kappa shape index (κ2) is 10.9. The highest BCUT2D eigenvalue weighted by Crippen LogP contribution is 2.38. The minimum Gasteiger partial charge on any atom is -0.456 e. The van der Waals surface area contributed by atoms with E-state index >= 15 is 0 Å². The van der Waals surface area contributed by atoms with E-state index in [2.05, 4.69) is 9.97 Å². The van der Waals surface area contributed by atoms with Gasteiger partial charge in [-0.2, -0.15) is 0 Å². The summed E-state index contributed by atoms with van der Waals surface area (Å²) in [6.45, 7) is 6.76. The zero-order valence-electron chi connectivity index (χ0n) is 20.9. The van der Waals surface area contributed by atoms with E-state index in [1.54, 1.807) is 47.9 Å². The van der Waals surface area contributed by atoms with Gasteiger partial charge in [-0.25, -0.2) is 4.79 Å². The maximum atomic E-state index is 12.6. The first-order valence-corrected chi connectivity index (χ1v) is 12.4. The van der Waals surface area contributed by atoms with Crippen molar-refractivity contribution in [2.45, 2.75) is 32.9 Å². The lowest BCUT2D eigenvalue weighted by molar-refractivity contribution is 0.0184. The number of thiophene rings is 1. The number of pyridine rings is 2. The Morgan fingerprint density at radius 2 is 1.86 bits per heavy atom. The number of hydrogen-bond acceptors (Lipinski definition) is 8. The van der Waals surface area contributed by atoms with Gasteiger partial charge in [-0.1, -0.05) is 6.07 Å². The highest BCUT2D eigenvalue weighted by molar-refractivity contribution is 7.22. The number of fused-ring (bicyclic) bond motifs is 1. The number of aromatic nitrogens is 2. The van der Waals surface area contributed by atoms with Crippen molar-refractivity contribution >= 4 is 33.3 Å². The Hall–Kier alpha value is -3.69. The fourth-order valence-corrected chi connectivity index (χ4v) is 4.47. The van der Waals surface area contributed by atoms with Gasteiger partial charge in [0.25, 0.3) is 0 Å². The molecule has 3 heterocycles. The van der Waals surface area contributed by atoms with Crippen molar-refractivity contribution in [3.8, 4) is 22.1 Å². The van der Waals surface area contributed by atoms with Gasteiger partial charge in [0, 0.05) is 37.8 Å². The summed E-state index contributed by atoms with van der Waals surface area (Å²) < 4.78 is 17.7. The number of carbonyl (C=O) groups excluding carboxylic acids is 1. The SMILES string of the molecule is COCCN(Cc1ccc(-c2cc3nccc(Oc4ccc(N)cc4)c3s2)nc1)C(=O)OC(C)(C)C. The first-order chi connectivity index (χ1) is 17.2. The van der Waals surface area contributed by atoms with E-state index in [9.17, 15) is 4.79 Å². The molecule has 188 valence electrons. The molecule has 0 saturated carbocycles. The van der Waals surface area contributed by atoms with E-state index in [0.29, 0.717) is 31.1 Å². The van der Waals surface area contributed by atoms with Gasteiger partial charge in [-0.15, -0.1) is 11.3 Å². The molecule has 0 aliphatic heterocycles. The van der Waals surface area contributed by atoms with Crippen LogP contribution in [-0.2, 0) is 16.0 Å². The molecular formula is C27H30N4O4S. The van der Waals surface area contributed by atoms with Gasteiger partial charge >= 0.3 is 6.09 Å². The lowest BCUT2D eigenvalue weighted by Crippen LogP contribution is -2.38. The van der Waals surface area contributed by atoms with E-state index in [-0.39, 0.29) is 6.09 Å². The Balaban J connectivity index is 1.52. The second-order valence-electron chi connectivity index (χ2n) is 9.25. The molecule has 0 radical (unpaired) electrons. The molecule has 2 N–H and O–H groups in total. The number of hydrogen-bond donors (Lipinski definition) is 1. The fourth-order valence-electron chi connectivity index (χ4n) is 3.43. The summed E-state index contributed by atoms with van der Waals surface area (Å²) in [7, 11) is 1.61. The van der Waals surface area contributed by atoms with Crippen molar-refractivity contribution in [1.82, 2.24) is 14.9 Å². The van der Waals surface area contributed by atoms with Crippen molar-refractivity contribution in [3.63, 3.8) is 0 Å². The number of anilines is 1. The van der Waals surface area contributed by atoms with Gasteiger partial charge in [0.15, 0.2) is 0 Å². The van der Waals surface area contributed by atoms with Crippen LogP contribution in [0.15, 0.2) is 60.9 Å². The second-order valence-corrected chi connectivity index (χ2v) is 10.3. The largest absolute Gasteiger partial charge is 0.456 e. The summed E-state index contributed by atoms with van der Waals surface area (Å²) in [6, 6.07) is 15.0. The van der Waals surface area contributed by atoms with Crippen molar-refractivity contribution in [3.05, 3.63) is 66.5 Å². The third kappa shape index (κ3) is 6.50. The van der Waals surface area contributed by atoms with Crippen LogP contribution in [0, 0.1) is 0 Å². The van der Waals surface area contributed by atoms with E-state index < -0.39 is 5.60 Å². The molecule has 0 atom stereocenters. The average Bonchev–Trinajstić information content (AvgIpc) is 3.28. The molecule has 0 bridgehead atoms. The minimum atomic E-state index is -0.573. The molecule has 0 aliphatic carbocycles. The summed E-state index contributed by atoms with van der Waals surface area (Å²) in [5.74, 6) is 1.43. The van der Waals surface area contributed by atoms with Crippen LogP contribution in [-0.4, -0.2) is 46.8 Å². The van der Waals surface area contributed by atoms with Crippen molar-refractivity contribution in [2.75, 3.05) is 26.0 Å². The minimum absolute atomic E-state index is 0.374. The zero-order valence-corrected chi connectivity index (χ0v) is 21.7. The molecule has 9 heteroatoms. The van der Waals surface area contributed by atoms with Gasteiger partial charge in [0.1, 0.15) is 17.1 Å². The summed E-state index contributed by atoms with van der Waals surface area (Å²) in [4.78, 5) is 24.4. The number of rotatable bonds is 8. The number of nitrogens with zero attached hydrogens (tertiary/aromatic N) is 3. The van der Waals surface area contributed by atoms with Crippen LogP contribution in [0.3, 0.4) is 0 Å². The highest BCUT2D eigenvalue weighted by Gasteiger charge is 2.22. The Labute approximate surface area is 214 Å². The van der Waals surface area contributed by atoms with Crippen molar-refractivity contribution < 1.29 is 19.0 Å². The normalized spacial score (nSPS) is 11.4. The average molecular weight is 507 g/mol. The van der Waals surface area contributed by atoms with Crippen LogP contribution in [0.2, 0.25) is 0 Å². The van der Waals surface area contributed by atoms with E-state index in [1.165, 1.54) is 0 Å². The van der Waals surface area contributed by atoms with Gasteiger partial charge in [0.2, 0.25) is 0 Å². The fraction of sp³-hybridized carbons (Fsp3) is 0.296. The third-order valence-electron chi connectivity index (χ3n) is 5.15. The number of methoxy groups -OCH3 is 1. The van der Waals surface area contributed by atoms with Gasteiger partial charge in [-0.3, -0.25) is 9.97 Å². The number of amides is 1. The van der Waals surface area contributed by atoms with Crippen molar-refractivity contribution in [1.29, 1.82) is 0 Å². The molecule has 1 amide bonds. The summed E-state index contributed by atoms with van der Waals surface area (Å²) in [6.07, 6.45) is 3.13. The highest BCUT2D eigenvalue weighted by atomic mass is 32.1. The molecule has 0 aliphatic rings. The topological polar surface area (TPSA) is 99.8 Å². The predicted octanol–water partition coefficient (Wildman–Crippen LogP) is 6.12. The molecule has 0 fully saturated rings. The van der Waals surface area contributed by atoms with Crippen LogP contribution in [0.4, 0.5) is 10.5 Å². The monoisotopic (exact) mass is 506 g/mol. The van der Waals surface area contributed by atoms with Crippen LogP contribution in [0.25, 0.3) is 20.8 Å². The van der Waals surface area contributed by atoms with Crippen molar-refractivity contribution in [2.24, 2.45) is 0 Å². The van der Waals surface area contributed by atoms with Gasteiger partial charge < -0.3 is 24.8 Å². The molecule has 4 aromatic rings. The molecule has 0 saturated heterocycles. The lowest BCUT2D eigenvalue weighted by atomic mass is 10.2. The number of nitrogens with two attached hydrogens (primary N) is 1.